The Morgan fingerprint density at radius 1 is 0.846 bits per heavy atom. The van der Waals surface area contributed by atoms with Crippen molar-refractivity contribution in [1.29, 1.82) is 0 Å². The Morgan fingerprint density at radius 2 is 1.54 bits per heavy atom. The number of aliphatic hydroxyl groups excluding tert-OH is 1. The maximum Gasteiger partial charge on any atom is 0.338 e. The van der Waals surface area contributed by atoms with Gasteiger partial charge in [0.1, 0.15) is 18.3 Å². The third-order valence-corrected chi connectivity index (χ3v) is 13.7. The molecule has 0 aromatic heterocycles. The summed E-state index contributed by atoms with van der Waals surface area (Å²) < 4.78 is 50.8. The highest BCUT2D eigenvalue weighted by molar-refractivity contribution is 5.89. The van der Waals surface area contributed by atoms with Crippen molar-refractivity contribution in [2.24, 2.45) is 34.5 Å². The van der Waals surface area contributed by atoms with E-state index in [1.807, 2.05) is 6.92 Å². The standard InChI is InChI=1S/C38H51NO13/c1-9-39-17-35(18-45-5)24(49-19(2)40)15-25(46-6)37-23-16-36(51-20(3)41)32(50-34(44)22-13-11-10-12-14-22)26(23)38(52-21(4)42,31(43)33(36)48-8)27(30(37)39)28(47-7)29(35)37/h10-14,23-33,43H,9,15-18H2,1-8H3/t23-,24-,25+,26-,27+,28+,29-,30?,31+,32-,33+,35+,36-,37+,38-/m1/s1. The second kappa shape index (κ2) is 13.0. The number of piperidine rings is 1. The summed E-state index contributed by atoms with van der Waals surface area (Å²) in [7, 11) is 6.24. The van der Waals surface area contributed by atoms with Gasteiger partial charge in [-0.1, -0.05) is 25.1 Å². The van der Waals surface area contributed by atoms with Gasteiger partial charge in [0.2, 0.25) is 0 Å². The molecule has 14 nitrogen and oxygen atoms in total. The van der Waals surface area contributed by atoms with E-state index in [-0.39, 0.29) is 18.6 Å². The molecule has 52 heavy (non-hydrogen) atoms. The molecular weight excluding hydrogens is 678 g/mol. The van der Waals surface area contributed by atoms with Crippen molar-refractivity contribution in [2.75, 3.05) is 48.1 Å². The van der Waals surface area contributed by atoms with Crippen molar-refractivity contribution in [2.45, 2.75) is 94.4 Å². The van der Waals surface area contributed by atoms with Gasteiger partial charge in [0, 0.05) is 96.8 Å². The first-order chi connectivity index (χ1) is 24.8. The number of methoxy groups -OCH3 is 4. The molecule has 0 amide bonds. The highest BCUT2D eigenvalue weighted by Crippen LogP contribution is 2.81. The van der Waals surface area contributed by atoms with Crippen LogP contribution in [0.4, 0.5) is 0 Å². The zero-order chi connectivity index (χ0) is 37.5. The molecule has 6 aliphatic rings. The van der Waals surface area contributed by atoms with E-state index in [0.717, 1.165) is 0 Å². The minimum atomic E-state index is -1.77. The average molecular weight is 730 g/mol. The number of carbonyl (C=O) groups is 4. The van der Waals surface area contributed by atoms with E-state index in [2.05, 4.69) is 4.90 Å². The van der Waals surface area contributed by atoms with E-state index in [1.54, 1.807) is 51.7 Å². The minimum absolute atomic E-state index is 0.0808. The molecule has 15 atom stereocenters. The first-order valence-electron chi connectivity index (χ1n) is 18.1. The van der Waals surface area contributed by atoms with Crippen LogP contribution in [0.15, 0.2) is 30.3 Å². The summed E-state index contributed by atoms with van der Waals surface area (Å²) in [6, 6.07) is 8.05. The molecule has 286 valence electrons. The second-order valence-electron chi connectivity index (χ2n) is 15.6. The van der Waals surface area contributed by atoms with Gasteiger partial charge in [0.25, 0.3) is 0 Å². The Labute approximate surface area is 303 Å². The Kier molecular flexibility index (Phi) is 9.31. The molecule has 7 rings (SSSR count). The number of hydrogen-bond acceptors (Lipinski definition) is 14. The van der Waals surface area contributed by atoms with Crippen molar-refractivity contribution < 1.29 is 62.2 Å². The molecule has 1 aromatic carbocycles. The molecule has 1 heterocycles. The van der Waals surface area contributed by atoms with E-state index in [0.29, 0.717) is 19.5 Å². The summed E-state index contributed by atoms with van der Waals surface area (Å²) >= 11 is 0. The summed E-state index contributed by atoms with van der Waals surface area (Å²) in [6.45, 7) is 7.17. The molecule has 1 aromatic rings. The lowest BCUT2D eigenvalue weighted by molar-refractivity contribution is -0.323. The molecule has 1 spiro atoms. The first-order valence-corrected chi connectivity index (χ1v) is 18.1. The number of fused-ring (bicyclic) bond motifs is 2. The molecule has 7 bridgehead atoms. The average Bonchev–Trinajstić information content (AvgIpc) is 3.49. The third-order valence-electron chi connectivity index (χ3n) is 13.7. The van der Waals surface area contributed by atoms with Gasteiger partial charge in [0.05, 0.1) is 24.4 Å². The fraction of sp³-hybridized carbons (Fsp3) is 0.737. The molecule has 14 heteroatoms. The number of likely N-dealkylation sites (tertiary alicyclic amines) is 1. The van der Waals surface area contributed by atoms with Gasteiger partial charge in [-0.05, 0) is 31.0 Å². The smallest absolute Gasteiger partial charge is 0.338 e. The van der Waals surface area contributed by atoms with Crippen molar-refractivity contribution in [1.82, 2.24) is 4.90 Å². The van der Waals surface area contributed by atoms with Crippen molar-refractivity contribution in [3.63, 3.8) is 0 Å². The van der Waals surface area contributed by atoms with Crippen LogP contribution in [-0.4, -0.2) is 136 Å². The SMILES string of the molecule is CCN1C[C@@]2(COC)[C@H]3[C@@H](OC)[C@H]4C1[C@]3([C@@H](OC)C[C@H]2OC(C)=O)[C@@H]1C[C@@]2(OC(C)=O)[C@H](OC(=O)c3ccccc3)[C@@H]1[C@]4(OC(C)=O)[C@@H](O)[C@@H]2OC. The lowest BCUT2D eigenvalue weighted by Crippen LogP contribution is -2.82. The monoisotopic (exact) mass is 729 g/mol. The van der Waals surface area contributed by atoms with Crippen molar-refractivity contribution in [3.05, 3.63) is 35.9 Å². The molecule has 5 saturated carbocycles. The topological polar surface area (TPSA) is 166 Å². The van der Waals surface area contributed by atoms with E-state index in [1.165, 1.54) is 27.9 Å². The summed E-state index contributed by atoms with van der Waals surface area (Å²) in [5, 5.41) is 12.9. The van der Waals surface area contributed by atoms with E-state index < -0.39 is 112 Å². The molecule has 5 aliphatic carbocycles. The highest BCUT2D eigenvalue weighted by atomic mass is 16.6. The van der Waals surface area contributed by atoms with E-state index in [4.69, 9.17) is 37.9 Å². The number of hydrogen-bond donors (Lipinski definition) is 1. The third kappa shape index (κ3) is 4.57. The summed E-state index contributed by atoms with van der Waals surface area (Å²) in [6.07, 6.45) is -5.57. The fourth-order valence-corrected chi connectivity index (χ4v) is 13.1. The van der Waals surface area contributed by atoms with E-state index >= 15 is 0 Å². The largest absolute Gasteiger partial charge is 0.462 e. The maximum atomic E-state index is 14.1. The maximum absolute atomic E-state index is 14.1. The molecule has 0 radical (unpaired) electrons. The quantitative estimate of drug-likeness (QED) is 0.259. The zero-order valence-corrected chi connectivity index (χ0v) is 31.1. The van der Waals surface area contributed by atoms with Crippen LogP contribution in [0, 0.1) is 34.5 Å². The number of rotatable bonds is 11. The number of carbonyl (C=O) groups excluding carboxylic acids is 4. The van der Waals surface area contributed by atoms with Gasteiger partial charge in [-0.3, -0.25) is 19.3 Å². The molecule has 1 unspecified atom stereocenters. The minimum Gasteiger partial charge on any atom is -0.462 e. The number of ether oxygens (including phenoxy) is 8. The Morgan fingerprint density at radius 3 is 2.10 bits per heavy atom. The van der Waals surface area contributed by atoms with Crippen LogP contribution in [0.1, 0.15) is 50.9 Å². The van der Waals surface area contributed by atoms with Crippen LogP contribution in [0.3, 0.4) is 0 Å². The number of nitrogens with zero attached hydrogens (tertiary/aromatic N) is 1. The predicted molar refractivity (Wildman–Crippen MR) is 180 cm³/mol. The molecule has 1 saturated heterocycles. The highest BCUT2D eigenvalue weighted by Gasteiger charge is 2.93. The van der Waals surface area contributed by atoms with Gasteiger partial charge >= 0.3 is 23.9 Å². The van der Waals surface area contributed by atoms with Crippen molar-refractivity contribution >= 4 is 23.9 Å². The van der Waals surface area contributed by atoms with Crippen LogP contribution >= 0.6 is 0 Å². The van der Waals surface area contributed by atoms with Crippen LogP contribution in [-0.2, 0) is 52.3 Å². The molecule has 6 fully saturated rings. The van der Waals surface area contributed by atoms with E-state index in [9.17, 15) is 24.3 Å². The lowest BCUT2D eigenvalue weighted by Gasteiger charge is -2.70. The fourth-order valence-electron chi connectivity index (χ4n) is 13.1. The van der Waals surface area contributed by atoms with Gasteiger partial charge in [-0.15, -0.1) is 0 Å². The van der Waals surface area contributed by atoms with Crippen molar-refractivity contribution in [3.8, 4) is 0 Å². The van der Waals surface area contributed by atoms with Crippen LogP contribution in [0.5, 0.6) is 0 Å². The summed E-state index contributed by atoms with van der Waals surface area (Å²) in [5.41, 5.74) is -4.89. The van der Waals surface area contributed by atoms with Crippen LogP contribution in [0.25, 0.3) is 0 Å². The number of aliphatic hydroxyl groups is 1. The van der Waals surface area contributed by atoms with Gasteiger partial charge in [-0.25, -0.2) is 4.79 Å². The summed E-state index contributed by atoms with van der Waals surface area (Å²) in [4.78, 5) is 55.9. The summed E-state index contributed by atoms with van der Waals surface area (Å²) in [5.74, 6) is -5.09. The zero-order valence-electron chi connectivity index (χ0n) is 31.1. The molecule has 1 N–H and O–H groups in total. The molecule has 1 aliphatic heterocycles. The van der Waals surface area contributed by atoms with Gasteiger partial charge in [0.15, 0.2) is 17.3 Å². The first kappa shape index (κ1) is 37.2. The Bertz CT molecular complexity index is 1590. The Balaban J connectivity index is 1.57. The predicted octanol–water partition coefficient (Wildman–Crippen LogP) is 1.79. The second-order valence-corrected chi connectivity index (χ2v) is 15.6. The van der Waals surface area contributed by atoms with Gasteiger partial charge < -0.3 is 43.0 Å². The molecular formula is C38H51NO13. The van der Waals surface area contributed by atoms with Gasteiger partial charge in [-0.2, -0.15) is 0 Å². The number of benzene rings is 1. The van der Waals surface area contributed by atoms with Crippen LogP contribution in [0.2, 0.25) is 0 Å². The normalized spacial score (nSPS) is 45.2. The lowest BCUT2D eigenvalue weighted by atomic mass is 9.42. The Hall–Kier alpha value is -3.14. The van der Waals surface area contributed by atoms with Crippen LogP contribution < -0.4 is 0 Å². The number of esters is 4.